The van der Waals surface area contributed by atoms with E-state index in [0.29, 0.717) is 12.0 Å². The molecule has 2 nitrogen and oxygen atoms in total. The van der Waals surface area contributed by atoms with Crippen LogP contribution in [0.15, 0.2) is 24.3 Å². The number of Topliss-reactive ketones (excluding diaryl/α,β-unsaturated/α-hetero) is 1. The molecule has 1 aromatic carbocycles. The third-order valence-corrected chi connectivity index (χ3v) is 2.67. The van der Waals surface area contributed by atoms with Crippen molar-refractivity contribution in [1.82, 2.24) is 0 Å². The Morgan fingerprint density at radius 2 is 1.83 bits per heavy atom. The van der Waals surface area contributed by atoms with Gasteiger partial charge in [0.25, 0.3) is 0 Å². The molecule has 0 spiro atoms. The van der Waals surface area contributed by atoms with Gasteiger partial charge in [-0.1, -0.05) is 25.5 Å². The van der Waals surface area contributed by atoms with Crippen LogP contribution in [0.25, 0.3) is 0 Å². The van der Waals surface area contributed by atoms with E-state index < -0.39 is 17.8 Å². The van der Waals surface area contributed by atoms with Gasteiger partial charge in [-0.25, -0.2) is 0 Å². The highest BCUT2D eigenvalue weighted by Gasteiger charge is 2.30. The number of benzene rings is 1. The van der Waals surface area contributed by atoms with Gasteiger partial charge >= 0.3 is 6.18 Å². The summed E-state index contributed by atoms with van der Waals surface area (Å²) in [5.74, 6) is -0.142. The Kier molecular flexibility index (Phi) is 4.90. The Bertz CT molecular complexity index is 398. The lowest BCUT2D eigenvalue weighted by molar-refractivity contribution is -0.137. The zero-order chi connectivity index (χ0) is 13.8. The topological polar surface area (TPSA) is 43.1 Å². The molecule has 0 fully saturated rings. The van der Waals surface area contributed by atoms with E-state index in [9.17, 15) is 18.0 Å². The van der Waals surface area contributed by atoms with Gasteiger partial charge in [-0.2, -0.15) is 13.2 Å². The SMILES string of the molecule is CCCC(N)C(=O)Cc1ccc(C(F)(F)F)cc1. The van der Waals surface area contributed by atoms with Gasteiger partial charge < -0.3 is 5.73 Å². The molecule has 5 heteroatoms. The summed E-state index contributed by atoms with van der Waals surface area (Å²) in [5, 5.41) is 0. The molecule has 0 radical (unpaired) electrons. The summed E-state index contributed by atoms with van der Waals surface area (Å²) in [6, 6.07) is 4.07. The Labute approximate surface area is 104 Å². The second kappa shape index (κ2) is 6.00. The summed E-state index contributed by atoms with van der Waals surface area (Å²) in [6.07, 6.45) is -2.86. The van der Waals surface area contributed by atoms with E-state index in [4.69, 9.17) is 5.73 Å². The van der Waals surface area contributed by atoms with Crippen molar-refractivity contribution in [3.05, 3.63) is 35.4 Å². The van der Waals surface area contributed by atoms with E-state index in [2.05, 4.69) is 0 Å². The maximum atomic E-state index is 12.3. The molecule has 0 heterocycles. The quantitative estimate of drug-likeness (QED) is 0.883. The lowest BCUT2D eigenvalue weighted by Gasteiger charge is -2.10. The van der Waals surface area contributed by atoms with Crippen molar-refractivity contribution < 1.29 is 18.0 Å². The third-order valence-electron chi connectivity index (χ3n) is 2.67. The van der Waals surface area contributed by atoms with Gasteiger partial charge in [0.1, 0.15) is 0 Å². The minimum absolute atomic E-state index is 0.0826. The molecule has 1 rings (SSSR count). The van der Waals surface area contributed by atoms with E-state index in [1.807, 2.05) is 6.92 Å². The first-order valence-electron chi connectivity index (χ1n) is 5.79. The number of carbonyl (C=O) groups excluding carboxylic acids is 1. The molecule has 100 valence electrons. The Balaban J connectivity index is 2.67. The van der Waals surface area contributed by atoms with Crippen LogP contribution in [0.4, 0.5) is 13.2 Å². The van der Waals surface area contributed by atoms with Gasteiger partial charge in [0, 0.05) is 6.42 Å². The van der Waals surface area contributed by atoms with Crippen molar-refractivity contribution in [3.63, 3.8) is 0 Å². The van der Waals surface area contributed by atoms with Crippen molar-refractivity contribution in [2.75, 3.05) is 0 Å². The van der Waals surface area contributed by atoms with Crippen LogP contribution in [0.1, 0.15) is 30.9 Å². The monoisotopic (exact) mass is 259 g/mol. The van der Waals surface area contributed by atoms with Crippen LogP contribution >= 0.6 is 0 Å². The summed E-state index contributed by atoms with van der Waals surface area (Å²) in [5.41, 5.74) is 5.49. The molecule has 1 atom stereocenters. The summed E-state index contributed by atoms with van der Waals surface area (Å²) in [6.45, 7) is 1.92. The molecule has 0 saturated carbocycles. The molecule has 0 aromatic heterocycles. The summed E-state index contributed by atoms with van der Waals surface area (Å²) in [7, 11) is 0. The molecule has 0 bridgehead atoms. The molecule has 2 N–H and O–H groups in total. The average molecular weight is 259 g/mol. The zero-order valence-electron chi connectivity index (χ0n) is 10.1. The van der Waals surface area contributed by atoms with Crippen molar-refractivity contribution in [3.8, 4) is 0 Å². The summed E-state index contributed by atoms with van der Waals surface area (Å²) >= 11 is 0. The maximum absolute atomic E-state index is 12.3. The smallest absolute Gasteiger partial charge is 0.321 e. The maximum Gasteiger partial charge on any atom is 0.416 e. The number of rotatable bonds is 5. The number of hydrogen-bond donors (Lipinski definition) is 1. The number of halogens is 3. The van der Waals surface area contributed by atoms with Gasteiger partial charge in [0.05, 0.1) is 11.6 Å². The molecule has 0 aliphatic heterocycles. The Hall–Kier alpha value is -1.36. The first-order valence-corrected chi connectivity index (χ1v) is 5.79. The number of hydrogen-bond acceptors (Lipinski definition) is 2. The molecule has 1 aromatic rings. The third kappa shape index (κ3) is 4.14. The largest absolute Gasteiger partial charge is 0.416 e. The standard InChI is InChI=1S/C13H16F3NO/c1-2-3-11(17)12(18)8-9-4-6-10(7-5-9)13(14,15)16/h4-7,11H,2-3,8,17H2,1H3. The Morgan fingerprint density at radius 1 is 1.28 bits per heavy atom. The highest BCUT2D eigenvalue weighted by molar-refractivity contribution is 5.85. The fourth-order valence-corrected chi connectivity index (χ4v) is 1.62. The molecular weight excluding hydrogens is 243 g/mol. The van der Waals surface area contributed by atoms with Crippen LogP contribution in [-0.4, -0.2) is 11.8 Å². The number of alkyl halides is 3. The highest BCUT2D eigenvalue weighted by Crippen LogP contribution is 2.29. The minimum Gasteiger partial charge on any atom is -0.321 e. The first kappa shape index (κ1) is 14.7. The fourth-order valence-electron chi connectivity index (χ4n) is 1.62. The van der Waals surface area contributed by atoms with Crippen LogP contribution in [0.5, 0.6) is 0 Å². The van der Waals surface area contributed by atoms with Gasteiger partial charge in [0.2, 0.25) is 0 Å². The number of ketones is 1. The molecule has 0 saturated heterocycles. The predicted octanol–water partition coefficient (Wildman–Crippen LogP) is 2.94. The lowest BCUT2D eigenvalue weighted by Crippen LogP contribution is -2.31. The highest BCUT2D eigenvalue weighted by atomic mass is 19.4. The number of nitrogens with two attached hydrogens (primary N) is 1. The predicted molar refractivity (Wildman–Crippen MR) is 63.0 cm³/mol. The van der Waals surface area contributed by atoms with Crippen LogP contribution in [0, 0.1) is 0 Å². The number of carbonyl (C=O) groups is 1. The summed E-state index contributed by atoms with van der Waals surface area (Å²) in [4.78, 5) is 11.6. The summed E-state index contributed by atoms with van der Waals surface area (Å²) < 4.78 is 37.0. The second-order valence-corrected chi connectivity index (χ2v) is 4.23. The molecule has 0 amide bonds. The van der Waals surface area contributed by atoms with Gasteiger partial charge in [-0.05, 0) is 24.1 Å². The molecule has 0 aliphatic carbocycles. The van der Waals surface area contributed by atoms with Gasteiger partial charge in [0.15, 0.2) is 5.78 Å². The van der Waals surface area contributed by atoms with Gasteiger partial charge in [-0.15, -0.1) is 0 Å². The van der Waals surface area contributed by atoms with Gasteiger partial charge in [-0.3, -0.25) is 4.79 Å². The molecule has 0 aliphatic rings. The van der Waals surface area contributed by atoms with E-state index in [0.717, 1.165) is 18.6 Å². The van der Waals surface area contributed by atoms with Crippen molar-refractivity contribution >= 4 is 5.78 Å². The van der Waals surface area contributed by atoms with Crippen molar-refractivity contribution in [2.45, 2.75) is 38.4 Å². The van der Waals surface area contributed by atoms with Crippen molar-refractivity contribution in [1.29, 1.82) is 0 Å². The lowest BCUT2D eigenvalue weighted by atomic mass is 10.0. The van der Waals surface area contributed by atoms with Crippen LogP contribution in [0.2, 0.25) is 0 Å². The second-order valence-electron chi connectivity index (χ2n) is 4.23. The van der Waals surface area contributed by atoms with Crippen LogP contribution < -0.4 is 5.73 Å². The first-order chi connectivity index (χ1) is 8.34. The van der Waals surface area contributed by atoms with E-state index in [1.54, 1.807) is 0 Å². The van der Waals surface area contributed by atoms with Crippen LogP contribution in [-0.2, 0) is 17.4 Å². The Morgan fingerprint density at radius 3 is 2.28 bits per heavy atom. The normalized spacial score (nSPS) is 13.4. The van der Waals surface area contributed by atoms with E-state index in [1.165, 1.54) is 12.1 Å². The zero-order valence-corrected chi connectivity index (χ0v) is 10.1. The molecule has 18 heavy (non-hydrogen) atoms. The molecule has 1 unspecified atom stereocenters. The molecular formula is C13H16F3NO. The average Bonchev–Trinajstić information content (AvgIpc) is 2.28. The van der Waals surface area contributed by atoms with E-state index >= 15 is 0 Å². The minimum atomic E-state index is -4.35. The van der Waals surface area contributed by atoms with Crippen molar-refractivity contribution in [2.24, 2.45) is 5.73 Å². The van der Waals surface area contributed by atoms with Crippen LogP contribution in [0.3, 0.4) is 0 Å². The van der Waals surface area contributed by atoms with E-state index in [-0.39, 0.29) is 12.2 Å². The fraction of sp³-hybridized carbons (Fsp3) is 0.462.